The van der Waals surface area contributed by atoms with Crippen LogP contribution in [0.15, 0.2) is 53.7 Å². The molecule has 0 saturated carbocycles. The Morgan fingerprint density at radius 2 is 1.93 bits per heavy atom. The molecular weight excluding hydrogens is 398 g/mol. The number of anilines is 1. The van der Waals surface area contributed by atoms with Crippen LogP contribution in [0.3, 0.4) is 0 Å². The zero-order chi connectivity index (χ0) is 21.1. The number of carbonyl (C=O) groups excluding carboxylic acids is 1. The van der Waals surface area contributed by atoms with E-state index < -0.39 is 5.25 Å². The minimum absolute atomic E-state index is 0.0702. The quantitative estimate of drug-likeness (QED) is 0.625. The predicted molar refractivity (Wildman–Crippen MR) is 119 cm³/mol. The van der Waals surface area contributed by atoms with Gasteiger partial charge in [-0.1, -0.05) is 49.0 Å². The minimum atomic E-state index is -0.413. The zero-order valence-electron chi connectivity index (χ0n) is 17.3. The van der Waals surface area contributed by atoms with Gasteiger partial charge in [-0.3, -0.25) is 4.79 Å². The number of para-hydroxylation sites is 1. The van der Waals surface area contributed by atoms with Crippen LogP contribution in [0.5, 0.6) is 5.75 Å². The molecule has 0 unspecified atom stereocenters. The molecule has 0 spiro atoms. The van der Waals surface area contributed by atoms with Gasteiger partial charge in [0.15, 0.2) is 0 Å². The number of fused-ring (bicyclic) bond motifs is 1. The van der Waals surface area contributed by atoms with Crippen molar-refractivity contribution in [2.45, 2.75) is 43.6 Å². The third-order valence-electron chi connectivity index (χ3n) is 5.06. The van der Waals surface area contributed by atoms with Crippen molar-refractivity contribution in [3.05, 3.63) is 65.5 Å². The minimum Gasteiger partial charge on any atom is -0.494 e. The first-order chi connectivity index (χ1) is 14.6. The van der Waals surface area contributed by atoms with Gasteiger partial charge in [0.1, 0.15) is 16.8 Å². The highest BCUT2D eigenvalue weighted by Crippen LogP contribution is 2.38. The fourth-order valence-corrected chi connectivity index (χ4v) is 4.63. The monoisotopic (exact) mass is 423 g/mol. The number of hydrogen-bond acceptors (Lipinski definition) is 6. The number of aromatic nitrogens is 3. The Labute approximate surface area is 180 Å². The van der Waals surface area contributed by atoms with Gasteiger partial charge >= 0.3 is 0 Å². The molecule has 1 amide bonds. The first-order valence-corrected chi connectivity index (χ1v) is 11.0. The number of amides is 1. The Kier molecular flexibility index (Phi) is 5.94. The normalized spacial score (nSPS) is 17.7. The highest BCUT2D eigenvalue weighted by molar-refractivity contribution is 8.00. The van der Waals surface area contributed by atoms with Crippen LogP contribution in [0.4, 0.5) is 5.69 Å². The van der Waals surface area contributed by atoms with E-state index in [-0.39, 0.29) is 11.9 Å². The van der Waals surface area contributed by atoms with Crippen molar-refractivity contribution in [2.24, 2.45) is 0 Å². The summed E-state index contributed by atoms with van der Waals surface area (Å²) in [4.78, 5) is 13.4. The molecule has 7 nitrogen and oxygen atoms in total. The van der Waals surface area contributed by atoms with Gasteiger partial charge in [0, 0.05) is 5.69 Å². The first kappa shape index (κ1) is 20.3. The van der Waals surface area contributed by atoms with Crippen LogP contribution in [-0.4, -0.2) is 32.6 Å². The molecule has 2 atom stereocenters. The molecule has 30 heavy (non-hydrogen) atoms. The maximum Gasteiger partial charge on any atom is 0.240 e. The number of ether oxygens (including phenoxy) is 1. The maximum absolute atomic E-state index is 13.4. The van der Waals surface area contributed by atoms with Gasteiger partial charge in [-0.2, -0.15) is 0 Å². The van der Waals surface area contributed by atoms with Crippen molar-refractivity contribution in [1.29, 1.82) is 0 Å². The topological polar surface area (TPSA) is 81.1 Å². The number of nitrogens with zero attached hydrogens (tertiary/aromatic N) is 3. The fraction of sp³-hybridized carbons (Fsp3) is 0.318. The summed E-state index contributed by atoms with van der Waals surface area (Å²) in [5.41, 5.74) is 6.38. The number of thioether (sulfide) groups is 1. The van der Waals surface area contributed by atoms with Crippen molar-refractivity contribution in [1.82, 2.24) is 14.9 Å². The van der Waals surface area contributed by atoms with Gasteiger partial charge in [0.05, 0.1) is 12.6 Å². The number of rotatable bonds is 6. The third-order valence-corrected chi connectivity index (χ3v) is 6.28. The van der Waals surface area contributed by atoms with E-state index in [1.807, 2.05) is 67.1 Å². The molecular formula is C22H25N5O2S. The van der Waals surface area contributed by atoms with Gasteiger partial charge in [-0.25, -0.2) is 4.68 Å². The first-order valence-electron chi connectivity index (χ1n) is 10.1. The van der Waals surface area contributed by atoms with E-state index in [4.69, 9.17) is 4.74 Å². The van der Waals surface area contributed by atoms with Gasteiger partial charge in [0.25, 0.3) is 0 Å². The Bertz CT molecular complexity index is 1030. The summed E-state index contributed by atoms with van der Waals surface area (Å²) in [5.74, 6) is 1.49. The molecule has 0 saturated heterocycles. The molecule has 4 rings (SSSR count). The lowest BCUT2D eigenvalue weighted by Crippen LogP contribution is -2.41. The van der Waals surface area contributed by atoms with Gasteiger partial charge < -0.3 is 15.5 Å². The van der Waals surface area contributed by atoms with Crippen LogP contribution in [0.2, 0.25) is 0 Å². The second-order valence-corrected chi connectivity index (χ2v) is 8.12. The second kappa shape index (κ2) is 8.79. The Balaban J connectivity index is 1.65. The smallest absolute Gasteiger partial charge is 0.240 e. The van der Waals surface area contributed by atoms with Gasteiger partial charge in [0.2, 0.25) is 11.1 Å². The molecule has 0 bridgehead atoms. The SMILES string of the molecule is CCOc1ccc([C@H]2Nn3c(C)nnc3S[C@@H]2C(=O)Nc2ccccc2CC)cc1. The lowest BCUT2D eigenvalue weighted by Gasteiger charge is -2.33. The Morgan fingerprint density at radius 3 is 2.67 bits per heavy atom. The van der Waals surface area contributed by atoms with Crippen molar-refractivity contribution < 1.29 is 9.53 Å². The van der Waals surface area contributed by atoms with Crippen molar-refractivity contribution >= 4 is 23.4 Å². The van der Waals surface area contributed by atoms with E-state index in [1.54, 1.807) is 0 Å². The van der Waals surface area contributed by atoms with E-state index in [0.717, 1.165) is 34.8 Å². The van der Waals surface area contributed by atoms with Crippen molar-refractivity contribution in [3.8, 4) is 5.75 Å². The largest absolute Gasteiger partial charge is 0.494 e. The summed E-state index contributed by atoms with van der Waals surface area (Å²) in [7, 11) is 0. The molecule has 8 heteroatoms. The standard InChI is InChI=1S/C22H25N5O2S/c1-4-15-8-6-7-9-18(15)23-21(28)20-19(16-10-12-17(13-11-16)29-5-2)26-27-14(3)24-25-22(27)30-20/h6-13,19-20,26H,4-5H2,1-3H3,(H,23,28)/t19-,20+/m1/s1. The number of benzene rings is 2. The predicted octanol–water partition coefficient (Wildman–Crippen LogP) is 3.95. The zero-order valence-corrected chi connectivity index (χ0v) is 18.1. The van der Waals surface area contributed by atoms with E-state index in [9.17, 15) is 4.79 Å². The van der Waals surface area contributed by atoms with Crippen molar-refractivity contribution in [2.75, 3.05) is 17.3 Å². The summed E-state index contributed by atoms with van der Waals surface area (Å²) in [6.45, 7) is 6.53. The fourth-order valence-electron chi connectivity index (χ4n) is 3.50. The average molecular weight is 424 g/mol. The molecule has 156 valence electrons. The number of hydrogen-bond donors (Lipinski definition) is 2. The van der Waals surface area contributed by atoms with Gasteiger partial charge in [-0.05, 0) is 49.6 Å². The Morgan fingerprint density at radius 1 is 1.17 bits per heavy atom. The van der Waals surface area contributed by atoms with Gasteiger partial charge in [-0.15, -0.1) is 10.2 Å². The lowest BCUT2D eigenvalue weighted by molar-refractivity contribution is -0.116. The van der Waals surface area contributed by atoms with Crippen LogP contribution < -0.4 is 15.5 Å². The highest BCUT2D eigenvalue weighted by Gasteiger charge is 2.37. The molecule has 1 aromatic heterocycles. The molecule has 0 fully saturated rings. The van der Waals surface area contributed by atoms with E-state index in [0.29, 0.717) is 11.8 Å². The molecule has 3 aromatic rings. The molecule has 0 radical (unpaired) electrons. The maximum atomic E-state index is 13.4. The number of nitrogens with one attached hydrogen (secondary N) is 2. The summed E-state index contributed by atoms with van der Waals surface area (Å²) in [6.07, 6.45) is 0.850. The molecule has 2 N–H and O–H groups in total. The van der Waals surface area contributed by atoms with Crippen LogP contribution >= 0.6 is 11.8 Å². The summed E-state index contributed by atoms with van der Waals surface area (Å²) < 4.78 is 7.40. The summed E-state index contributed by atoms with van der Waals surface area (Å²) >= 11 is 1.42. The van der Waals surface area contributed by atoms with E-state index >= 15 is 0 Å². The molecule has 2 aromatic carbocycles. The van der Waals surface area contributed by atoms with Crippen LogP contribution in [0, 0.1) is 6.92 Å². The average Bonchev–Trinajstić information content (AvgIpc) is 3.14. The lowest BCUT2D eigenvalue weighted by atomic mass is 10.0. The van der Waals surface area contributed by atoms with Crippen molar-refractivity contribution in [3.63, 3.8) is 0 Å². The number of aryl methyl sites for hydroxylation is 2. The van der Waals surface area contributed by atoms with E-state index in [2.05, 4.69) is 27.9 Å². The van der Waals surface area contributed by atoms with Crippen LogP contribution in [-0.2, 0) is 11.2 Å². The van der Waals surface area contributed by atoms with Crippen LogP contribution in [0.25, 0.3) is 0 Å². The van der Waals surface area contributed by atoms with E-state index in [1.165, 1.54) is 11.8 Å². The molecule has 2 heterocycles. The summed E-state index contributed by atoms with van der Waals surface area (Å²) in [5, 5.41) is 11.7. The molecule has 1 aliphatic rings. The number of carbonyl (C=O) groups is 1. The molecule has 0 aliphatic carbocycles. The Hall–Kier alpha value is -3.00. The second-order valence-electron chi connectivity index (χ2n) is 7.01. The van der Waals surface area contributed by atoms with Crippen LogP contribution in [0.1, 0.15) is 36.8 Å². The highest BCUT2D eigenvalue weighted by atomic mass is 32.2. The molecule has 1 aliphatic heterocycles. The summed E-state index contributed by atoms with van der Waals surface area (Å²) in [6, 6.07) is 15.5. The third kappa shape index (κ3) is 4.00.